The normalized spacial score (nSPS) is 20.0. The maximum Gasteiger partial charge on any atom is 0.270 e. The van der Waals surface area contributed by atoms with Gasteiger partial charge in [-0.15, -0.1) is 0 Å². The van der Waals surface area contributed by atoms with E-state index in [0.717, 1.165) is 13.1 Å². The first kappa shape index (κ1) is 13.8. The number of nitrogens with one attached hydrogen (secondary N) is 2. The fourth-order valence-corrected chi connectivity index (χ4v) is 1.99. The van der Waals surface area contributed by atoms with E-state index in [1.165, 1.54) is 0 Å². The highest BCUT2D eigenvalue weighted by molar-refractivity contribution is 5.92. The van der Waals surface area contributed by atoms with E-state index in [1.807, 2.05) is 6.07 Å². The minimum absolute atomic E-state index is 0.0511. The highest BCUT2D eigenvalue weighted by Gasteiger charge is 2.18. The van der Waals surface area contributed by atoms with Crippen LogP contribution in [0.1, 0.15) is 10.5 Å². The molecule has 1 fully saturated rings. The molecule has 19 heavy (non-hydrogen) atoms. The maximum atomic E-state index is 12.0. The Morgan fingerprint density at radius 3 is 3.16 bits per heavy atom. The molecule has 1 aromatic heterocycles. The molecule has 6 nitrogen and oxygen atoms in total. The number of carbonyl (C=O) groups is 1. The molecule has 0 saturated carbocycles. The fraction of sp³-hybridized carbons (Fsp3) is 0.538. The first-order valence-corrected chi connectivity index (χ1v) is 6.42. The van der Waals surface area contributed by atoms with Gasteiger partial charge in [-0.25, -0.2) is 4.98 Å². The maximum absolute atomic E-state index is 12.0. The number of nitrogens with zero attached hydrogens (tertiary/aromatic N) is 2. The van der Waals surface area contributed by atoms with E-state index in [0.29, 0.717) is 24.7 Å². The second-order valence-corrected chi connectivity index (χ2v) is 4.62. The molecular formula is C13H20N4O2. The summed E-state index contributed by atoms with van der Waals surface area (Å²) in [5.41, 5.74) is 0.413. The Bertz CT molecular complexity index is 438. The SMILES string of the molecule is CNc1cccc(C(=O)NCC2CN(C)CCO2)n1. The molecule has 1 aliphatic rings. The number of aromatic nitrogens is 1. The second-order valence-electron chi connectivity index (χ2n) is 4.62. The van der Waals surface area contributed by atoms with E-state index in [4.69, 9.17) is 4.74 Å². The second kappa shape index (κ2) is 6.49. The Morgan fingerprint density at radius 2 is 2.42 bits per heavy atom. The summed E-state index contributed by atoms with van der Waals surface area (Å²) in [5.74, 6) is 0.509. The molecule has 1 saturated heterocycles. The zero-order chi connectivity index (χ0) is 13.7. The van der Waals surface area contributed by atoms with Gasteiger partial charge in [0.15, 0.2) is 0 Å². The van der Waals surface area contributed by atoms with Crippen molar-refractivity contribution in [3.63, 3.8) is 0 Å². The molecule has 0 bridgehead atoms. The summed E-state index contributed by atoms with van der Waals surface area (Å²) in [4.78, 5) is 18.4. The van der Waals surface area contributed by atoms with Crippen molar-refractivity contribution in [2.45, 2.75) is 6.10 Å². The van der Waals surface area contributed by atoms with Crippen LogP contribution in [0.25, 0.3) is 0 Å². The first-order chi connectivity index (χ1) is 9.19. The first-order valence-electron chi connectivity index (χ1n) is 6.42. The van der Waals surface area contributed by atoms with Gasteiger partial charge in [0.2, 0.25) is 0 Å². The van der Waals surface area contributed by atoms with E-state index in [1.54, 1.807) is 19.2 Å². The third kappa shape index (κ3) is 3.90. The molecule has 1 aliphatic heterocycles. The Morgan fingerprint density at radius 1 is 1.58 bits per heavy atom. The van der Waals surface area contributed by atoms with Gasteiger partial charge in [0.25, 0.3) is 5.91 Å². The summed E-state index contributed by atoms with van der Waals surface area (Å²) in [6.07, 6.45) is 0.0511. The number of hydrogen-bond donors (Lipinski definition) is 2. The minimum Gasteiger partial charge on any atom is -0.374 e. The summed E-state index contributed by atoms with van der Waals surface area (Å²) in [7, 11) is 3.82. The molecule has 104 valence electrons. The molecule has 2 N–H and O–H groups in total. The fourth-order valence-electron chi connectivity index (χ4n) is 1.99. The molecular weight excluding hydrogens is 244 g/mol. The zero-order valence-electron chi connectivity index (χ0n) is 11.3. The van der Waals surface area contributed by atoms with Crippen LogP contribution in [0.2, 0.25) is 0 Å². The minimum atomic E-state index is -0.172. The largest absolute Gasteiger partial charge is 0.374 e. The molecule has 2 heterocycles. The van der Waals surface area contributed by atoms with Crippen molar-refractivity contribution in [3.8, 4) is 0 Å². The van der Waals surface area contributed by atoms with Gasteiger partial charge in [-0.3, -0.25) is 4.79 Å². The van der Waals surface area contributed by atoms with Crippen molar-refractivity contribution in [1.29, 1.82) is 0 Å². The highest BCUT2D eigenvalue weighted by atomic mass is 16.5. The van der Waals surface area contributed by atoms with E-state index < -0.39 is 0 Å². The molecule has 0 radical (unpaired) electrons. The summed E-state index contributed by atoms with van der Waals surface area (Å²) in [5, 5.41) is 5.77. The van der Waals surface area contributed by atoms with Crippen molar-refractivity contribution in [2.24, 2.45) is 0 Å². The third-order valence-corrected chi connectivity index (χ3v) is 3.07. The van der Waals surface area contributed by atoms with Gasteiger partial charge in [0.1, 0.15) is 11.5 Å². The van der Waals surface area contributed by atoms with E-state index in [-0.39, 0.29) is 12.0 Å². The smallest absolute Gasteiger partial charge is 0.270 e. The lowest BCUT2D eigenvalue weighted by atomic mass is 10.2. The Hall–Kier alpha value is -1.66. The Kier molecular flexibility index (Phi) is 4.70. The van der Waals surface area contributed by atoms with Gasteiger partial charge in [0, 0.05) is 26.7 Å². The molecule has 0 aliphatic carbocycles. The molecule has 1 amide bonds. The predicted molar refractivity (Wildman–Crippen MR) is 73.4 cm³/mol. The number of amides is 1. The summed E-state index contributed by atoms with van der Waals surface area (Å²) in [6.45, 7) is 3.00. The quantitative estimate of drug-likeness (QED) is 0.812. The number of morpholine rings is 1. The lowest BCUT2D eigenvalue weighted by molar-refractivity contribution is -0.0175. The summed E-state index contributed by atoms with van der Waals surface area (Å²) >= 11 is 0. The molecule has 1 atom stereocenters. The van der Waals surface area contributed by atoms with Gasteiger partial charge >= 0.3 is 0 Å². The molecule has 1 unspecified atom stereocenters. The lowest BCUT2D eigenvalue weighted by Gasteiger charge is -2.30. The van der Waals surface area contributed by atoms with Crippen LogP contribution < -0.4 is 10.6 Å². The standard InChI is InChI=1S/C13H20N4O2/c1-14-12-5-3-4-11(16-12)13(18)15-8-10-9-17(2)6-7-19-10/h3-5,10H,6-9H2,1-2H3,(H,14,16)(H,15,18). The van der Waals surface area contributed by atoms with Crippen LogP contribution in [-0.2, 0) is 4.74 Å². The number of pyridine rings is 1. The van der Waals surface area contributed by atoms with Crippen molar-refractivity contribution in [1.82, 2.24) is 15.2 Å². The average molecular weight is 264 g/mol. The predicted octanol–water partition coefficient (Wildman–Crippen LogP) is 0.184. The van der Waals surface area contributed by atoms with Gasteiger partial charge in [0.05, 0.1) is 12.7 Å². The number of rotatable bonds is 4. The third-order valence-electron chi connectivity index (χ3n) is 3.07. The molecule has 1 aromatic rings. The molecule has 2 rings (SSSR count). The Balaban J connectivity index is 1.86. The molecule has 0 aromatic carbocycles. The van der Waals surface area contributed by atoms with Gasteiger partial charge < -0.3 is 20.3 Å². The summed E-state index contributed by atoms with van der Waals surface area (Å²) in [6, 6.07) is 5.32. The van der Waals surface area contributed by atoms with Crippen LogP contribution in [0.15, 0.2) is 18.2 Å². The lowest BCUT2D eigenvalue weighted by Crippen LogP contribution is -2.46. The number of carbonyl (C=O) groups excluding carboxylic acids is 1. The van der Waals surface area contributed by atoms with Crippen molar-refractivity contribution >= 4 is 11.7 Å². The van der Waals surface area contributed by atoms with Crippen LogP contribution in [0, 0.1) is 0 Å². The van der Waals surface area contributed by atoms with Crippen molar-refractivity contribution in [3.05, 3.63) is 23.9 Å². The van der Waals surface area contributed by atoms with E-state index in [9.17, 15) is 4.79 Å². The molecule has 0 spiro atoms. The topological polar surface area (TPSA) is 66.5 Å². The van der Waals surface area contributed by atoms with Crippen LogP contribution in [-0.4, -0.2) is 62.2 Å². The highest BCUT2D eigenvalue weighted by Crippen LogP contribution is 2.05. The molecule has 6 heteroatoms. The van der Waals surface area contributed by atoms with Crippen LogP contribution in [0.5, 0.6) is 0 Å². The summed E-state index contributed by atoms with van der Waals surface area (Å²) < 4.78 is 5.59. The van der Waals surface area contributed by atoms with Crippen molar-refractivity contribution in [2.75, 3.05) is 45.7 Å². The van der Waals surface area contributed by atoms with E-state index >= 15 is 0 Å². The Labute approximate surface area is 113 Å². The van der Waals surface area contributed by atoms with Crippen LogP contribution in [0.4, 0.5) is 5.82 Å². The monoisotopic (exact) mass is 264 g/mol. The number of likely N-dealkylation sites (N-methyl/N-ethyl adjacent to an activating group) is 1. The van der Waals surface area contributed by atoms with Crippen molar-refractivity contribution < 1.29 is 9.53 Å². The van der Waals surface area contributed by atoms with E-state index in [2.05, 4.69) is 27.6 Å². The van der Waals surface area contributed by atoms with Gasteiger partial charge in [-0.05, 0) is 19.2 Å². The number of hydrogen-bond acceptors (Lipinski definition) is 5. The number of anilines is 1. The zero-order valence-corrected chi connectivity index (χ0v) is 11.3. The average Bonchev–Trinajstić information content (AvgIpc) is 2.45. The van der Waals surface area contributed by atoms with Crippen LogP contribution >= 0.6 is 0 Å². The van der Waals surface area contributed by atoms with Gasteiger partial charge in [-0.1, -0.05) is 6.07 Å². The number of ether oxygens (including phenoxy) is 1. The van der Waals surface area contributed by atoms with Gasteiger partial charge in [-0.2, -0.15) is 0 Å². The van der Waals surface area contributed by atoms with Crippen LogP contribution in [0.3, 0.4) is 0 Å².